The summed E-state index contributed by atoms with van der Waals surface area (Å²) >= 11 is 0. The second-order valence-electron chi connectivity index (χ2n) is 11.9. The Kier molecular flexibility index (Phi) is 5.57. The zero-order chi connectivity index (χ0) is 25.0. The van der Waals surface area contributed by atoms with Crippen LogP contribution in [0.4, 0.5) is 5.69 Å². The number of esters is 1. The van der Waals surface area contributed by atoms with E-state index in [2.05, 4.69) is 25.8 Å². The van der Waals surface area contributed by atoms with Crippen molar-refractivity contribution in [3.05, 3.63) is 64.7 Å². The molecule has 192 valence electrons. The first-order valence-corrected chi connectivity index (χ1v) is 13.8. The van der Waals surface area contributed by atoms with Crippen LogP contribution in [0.25, 0.3) is 10.9 Å². The number of anilines is 1. The van der Waals surface area contributed by atoms with Gasteiger partial charge in [-0.3, -0.25) is 14.5 Å². The number of aromatic nitrogens is 2. The Morgan fingerprint density at radius 2 is 1.65 bits per heavy atom. The molecule has 4 bridgehead atoms. The van der Waals surface area contributed by atoms with Gasteiger partial charge in [0.25, 0.3) is 5.56 Å². The fourth-order valence-corrected chi connectivity index (χ4v) is 7.91. The molecule has 4 saturated carbocycles. The predicted molar refractivity (Wildman–Crippen MR) is 143 cm³/mol. The molecular formula is C30H34N4O3. The smallest absolute Gasteiger partial charge is 0.317 e. The van der Waals surface area contributed by atoms with E-state index >= 15 is 0 Å². The summed E-state index contributed by atoms with van der Waals surface area (Å²) in [4.78, 5) is 38.1. The van der Waals surface area contributed by atoms with Crippen LogP contribution in [0.2, 0.25) is 0 Å². The lowest BCUT2D eigenvalue weighted by Crippen LogP contribution is -2.51. The van der Waals surface area contributed by atoms with E-state index in [0.717, 1.165) is 74.4 Å². The molecule has 0 unspecified atom stereocenters. The second-order valence-corrected chi connectivity index (χ2v) is 11.9. The van der Waals surface area contributed by atoms with Crippen LogP contribution >= 0.6 is 0 Å². The second kappa shape index (κ2) is 8.98. The molecule has 2 aromatic carbocycles. The van der Waals surface area contributed by atoms with Crippen molar-refractivity contribution < 1.29 is 9.53 Å². The molecule has 0 radical (unpaired) electrons. The minimum Gasteiger partial charge on any atom is -0.426 e. The summed E-state index contributed by atoms with van der Waals surface area (Å²) in [6.45, 7) is 4.09. The number of benzene rings is 2. The molecule has 5 aliphatic rings. The van der Waals surface area contributed by atoms with Crippen LogP contribution in [0.5, 0.6) is 5.75 Å². The molecule has 0 amide bonds. The SMILES string of the molecule is O=C(Oc1cccc(N2CCN(Cc3nc4ccccc4c(=O)[nH]3)CC2)c1)C12CC3CC(CC(C3)C1)C2. The van der Waals surface area contributed by atoms with E-state index < -0.39 is 0 Å². The maximum atomic E-state index is 13.4. The number of rotatable bonds is 5. The molecule has 4 aliphatic carbocycles. The van der Waals surface area contributed by atoms with Crippen molar-refractivity contribution in [2.24, 2.45) is 23.2 Å². The van der Waals surface area contributed by atoms with E-state index in [1.165, 1.54) is 19.3 Å². The van der Waals surface area contributed by atoms with Gasteiger partial charge in [0.15, 0.2) is 0 Å². The summed E-state index contributed by atoms with van der Waals surface area (Å²) in [5.74, 6) is 3.55. The molecule has 0 atom stereocenters. The Balaban J connectivity index is 0.988. The fraction of sp³-hybridized carbons (Fsp3) is 0.500. The van der Waals surface area contributed by atoms with Crippen LogP contribution in [0, 0.1) is 23.2 Å². The summed E-state index contributed by atoms with van der Waals surface area (Å²) in [6, 6.07) is 15.5. The number of carbonyl (C=O) groups is 1. The van der Waals surface area contributed by atoms with E-state index in [0.29, 0.717) is 23.5 Å². The molecule has 1 aliphatic heterocycles. The van der Waals surface area contributed by atoms with Crippen molar-refractivity contribution in [3.63, 3.8) is 0 Å². The first-order chi connectivity index (χ1) is 18.0. The number of carbonyl (C=O) groups excluding carboxylic acids is 1. The largest absolute Gasteiger partial charge is 0.426 e. The minimum atomic E-state index is -0.242. The molecule has 7 nitrogen and oxygen atoms in total. The number of hydrogen-bond donors (Lipinski definition) is 1. The number of nitrogens with one attached hydrogen (secondary N) is 1. The van der Waals surface area contributed by atoms with Gasteiger partial charge in [0.1, 0.15) is 11.6 Å². The highest BCUT2D eigenvalue weighted by atomic mass is 16.5. The Hall–Kier alpha value is -3.19. The summed E-state index contributed by atoms with van der Waals surface area (Å²) in [5, 5.41) is 0.625. The van der Waals surface area contributed by atoms with Crippen molar-refractivity contribution in [2.75, 3.05) is 31.1 Å². The first-order valence-electron chi connectivity index (χ1n) is 13.8. The minimum absolute atomic E-state index is 0.00504. The third-order valence-corrected chi connectivity index (χ3v) is 9.27. The average Bonchev–Trinajstić information content (AvgIpc) is 2.89. The number of ether oxygens (including phenoxy) is 1. The highest BCUT2D eigenvalue weighted by Crippen LogP contribution is 2.60. The van der Waals surface area contributed by atoms with Gasteiger partial charge in [-0.2, -0.15) is 0 Å². The average molecular weight is 499 g/mol. The van der Waals surface area contributed by atoms with E-state index in [9.17, 15) is 9.59 Å². The Morgan fingerprint density at radius 3 is 2.38 bits per heavy atom. The van der Waals surface area contributed by atoms with Crippen molar-refractivity contribution in [1.82, 2.24) is 14.9 Å². The van der Waals surface area contributed by atoms with Crippen molar-refractivity contribution in [1.29, 1.82) is 0 Å². The van der Waals surface area contributed by atoms with Gasteiger partial charge >= 0.3 is 5.97 Å². The monoisotopic (exact) mass is 498 g/mol. The van der Waals surface area contributed by atoms with E-state index in [4.69, 9.17) is 4.74 Å². The molecule has 2 heterocycles. The van der Waals surface area contributed by atoms with Crippen molar-refractivity contribution >= 4 is 22.6 Å². The molecule has 8 rings (SSSR count). The highest BCUT2D eigenvalue weighted by Gasteiger charge is 2.55. The van der Waals surface area contributed by atoms with E-state index in [1.54, 1.807) is 6.07 Å². The van der Waals surface area contributed by atoms with Gasteiger partial charge in [0.2, 0.25) is 0 Å². The van der Waals surface area contributed by atoms with Gasteiger partial charge in [0.05, 0.1) is 22.9 Å². The van der Waals surface area contributed by atoms with Crippen molar-refractivity contribution in [3.8, 4) is 5.75 Å². The van der Waals surface area contributed by atoms with Crippen LogP contribution < -0.4 is 15.2 Å². The maximum Gasteiger partial charge on any atom is 0.317 e. The van der Waals surface area contributed by atoms with Gasteiger partial charge in [-0.1, -0.05) is 18.2 Å². The van der Waals surface area contributed by atoms with Crippen LogP contribution in [0.15, 0.2) is 53.3 Å². The Bertz CT molecular complexity index is 1360. The van der Waals surface area contributed by atoms with Gasteiger partial charge in [-0.15, -0.1) is 0 Å². The topological polar surface area (TPSA) is 78.5 Å². The van der Waals surface area contributed by atoms with Crippen LogP contribution in [0.3, 0.4) is 0 Å². The summed E-state index contributed by atoms with van der Waals surface area (Å²) in [7, 11) is 0. The maximum absolute atomic E-state index is 13.4. The molecule has 1 N–H and O–H groups in total. The van der Waals surface area contributed by atoms with Crippen LogP contribution in [-0.2, 0) is 11.3 Å². The molecular weight excluding hydrogens is 464 g/mol. The Labute approximate surface area is 216 Å². The predicted octanol–water partition coefficient (Wildman–Crippen LogP) is 4.37. The zero-order valence-corrected chi connectivity index (χ0v) is 21.2. The molecule has 0 spiro atoms. The lowest BCUT2D eigenvalue weighted by atomic mass is 9.49. The normalized spacial score (nSPS) is 29.1. The third kappa shape index (κ3) is 4.33. The molecule has 1 aromatic heterocycles. The van der Waals surface area contributed by atoms with Crippen LogP contribution in [0.1, 0.15) is 44.3 Å². The Morgan fingerprint density at radius 1 is 0.946 bits per heavy atom. The molecule has 37 heavy (non-hydrogen) atoms. The number of fused-ring (bicyclic) bond motifs is 1. The van der Waals surface area contributed by atoms with Gasteiger partial charge in [-0.05, 0) is 80.5 Å². The van der Waals surface area contributed by atoms with E-state index in [1.807, 2.05) is 36.4 Å². The van der Waals surface area contributed by atoms with Gasteiger partial charge < -0.3 is 14.6 Å². The summed E-state index contributed by atoms with van der Waals surface area (Å²) in [5.41, 5.74) is 1.50. The number of aromatic amines is 1. The standard InChI is InChI=1S/C30H34N4O3/c35-28-25-6-1-2-7-26(25)31-27(32-28)19-33-8-10-34(11-9-33)23-4-3-5-24(15-23)37-29(36)30-16-20-12-21(17-30)14-22(13-20)18-30/h1-7,15,20-22H,8-14,16-19H2,(H,31,32,35). The first kappa shape index (κ1) is 23.0. The number of hydrogen-bond acceptors (Lipinski definition) is 6. The van der Waals surface area contributed by atoms with Gasteiger partial charge in [-0.25, -0.2) is 4.98 Å². The lowest BCUT2D eigenvalue weighted by molar-refractivity contribution is -0.161. The summed E-state index contributed by atoms with van der Waals surface area (Å²) < 4.78 is 6.06. The molecule has 7 heteroatoms. The number of piperazine rings is 1. The van der Waals surface area contributed by atoms with Crippen molar-refractivity contribution in [2.45, 2.75) is 45.1 Å². The fourth-order valence-electron chi connectivity index (χ4n) is 7.91. The molecule has 5 fully saturated rings. The zero-order valence-electron chi connectivity index (χ0n) is 21.2. The lowest BCUT2D eigenvalue weighted by Gasteiger charge is -2.55. The van der Waals surface area contributed by atoms with Gasteiger partial charge in [0, 0.05) is 37.9 Å². The van der Waals surface area contributed by atoms with Crippen LogP contribution in [-0.4, -0.2) is 47.0 Å². The summed E-state index contributed by atoms with van der Waals surface area (Å²) in [6.07, 6.45) is 7.04. The number of para-hydroxylation sites is 1. The molecule has 3 aromatic rings. The third-order valence-electron chi connectivity index (χ3n) is 9.27. The number of nitrogens with zero attached hydrogens (tertiary/aromatic N) is 3. The highest BCUT2D eigenvalue weighted by molar-refractivity contribution is 5.80. The quantitative estimate of drug-likeness (QED) is 0.416. The molecule has 1 saturated heterocycles. The number of H-pyrrole nitrogens is 1. The van der Waals surface area contributed by atoms with E-state index in [-0.39, 0.29) is 16.9 Å².